The Kier molecular flexibility index (Phi) is 4.11. The van der Waals surface area contributed by atoms with Crippen molar-refractivity contribution in [2.45, 2.75) is 13.0 Å². The van der Waals surface area contributed by atoms with Crippen molar-refractivity contribution in [1.82, 2.24) is 5.32 Å². The van der Waals surface area contributed by atoms with Crippen LogP contribution in [0.3, 0.4) is 0 Å². The number of aliphatic hydroxyl groups is 1. The molecule has 0 heterocycles. The summed E-state index contributed by atoms with van der Waals surface area (Å²) in [7, 11) is 0. The zero-order valence-corrected chi connectivity index (χ0v) is 9.01. The van der Waals surface area contributed by atoms with Gasteiger partial charge in [0.25, 0.3) is 5.91 Å². The third kappa shape index (κ3) is 3.49. The lowest BCUT2D eigenvalue weighted by Gasteiger charge is -2.06. The van der Waals surface area contributed by atoms with Gasteiger partial charge >= 0.3 is 5.69 Å². The van der Waals surface area contributed by atoms with E-state index >= 15 is 0 Å². The summed E-state index contributed by atoms with van der Waals surface area (Å²) < 4.78 is 13.0. The van der Waals surface area contributed by atoms with Crippen molar-refractivity contribution in [3.05, 3.63) is 39.7 Å². The number of carbonyl (C=O) groups is 1. The van der Waals surface area contributed by atoms with Crippen LogP contribution >= 0.6 is 0 Å². The molecule has 0 bridgehead atoms. The predicted octanol–water partition coefficient (Wildman–Crippen LogP) is 0.845. The molecule has 0 aliphatic rings. The van der Waals surface area contributed by atoms with Gasteiger partial charge in [0.2, 0.25) is 5.82 Å². The van der Waals surface area contributed by atoms with E-state index in [1.165, 1.54) is 6.92 Å². The van der Waals surface area contributed by atoms with Crippen LogP contribution in [0.15, 0.2) is 18.2 Å². The fourth-order valence-electron chi connectivity index (χ4n) is 1.14. The first-order chi connectivity index (χ1) is 7.91. The third-order valence-corrected chi connectivity index (χ3v) is 1.96. The summed E-state index contributed by atoms with van der Waals surface area (Å²) in [6.07, 6.45) is -0.727. The SMILES string of the molecule is C[C@@H](O)CNC(=O)c1ccc(F)c([N+](=O)[O-])c1. The van der Waals surface area contributed by atoms with Crippen molar-refractivity contribution in [3.63, 3.8) is 0 Å². The minimum absolute atomic E-state index is 0.0179. The molecule has 0 aliphatic carbocycles. The number of nitro benzene ring substituents is 1. The Balaban J connectivity index is 2.88. The summed E-state index contributed by atoms with van der Waals surface area (Å²) in [5.74, 6) is -1.60. The number of carbonyl (C=O) groups excluding carboxylic acids is 1. The Morgan fingerprint density at radius 1 is 1.65 bits per heavy atom. The Hall–Kier alpha value is -2.02. The average Bonchev–Trinajstić information content (AvgIpc) is 2.26. The summed E-state index contributed by atoms with van der Waals surface area (Å²) in [5.41, 5.74) is -0.784. The highest BCUT2D eigenvalue weighted by molar-refractivity contribution is 5.94. The van der Waals surface area contributed by atoms with Crippen LogP contribution < -0.4 is 5.32 Å². The van der Waals surface area contributed by atoms with Crippen molar-refractivity contribution in [2.24, 2.45) is 0 Å². The maximum atomic E-state index is 13.0. The average molecular weight is 242 g/mol. The summed E-state index contributed by atoms with van der Waals surface area (Å²) in [6, 6.07) is 2.85. The molecule has 2 N–H and O–H groups in total. The Morgan fingerprint density at radius 3 is 2.82 bits per heavy atom. The van der Waals surface area contributed by atoms with Gasteiger partial charge in [0.05, 0.1) is 11.0 Å². The Morgan fingerprint density at radius 2 is 2.29 bits per heavy atom. The highest BCUT2D eigenvalue weighted by Crippen LogP contribution is 2.18. The predicted molar refractivity (Wildman–Crippen MR) is 57.1 cm³/mol. The number of nitrogens with zero attached hydrogens (tertiary/aromatic N) is 1. The summed E-state index contributed by atoms with van der Waals surface area (Å²) in [5, 5.41) is 21.8. The van der Waals surface area contributed by atoms with Gasteiger partial charge in [-0.25, -0.2) is 0 Å². The molecule has 7 heteroatoms. The number of nitrogens with one attached hydrogen (secondary N) is 1. The zero-order valence-electron chi connectivity index (χ0n) is 9.01. The smallest absolute Gasteiger partial charge is 0.305 e. The lowest BCUT2D eigenvalue weighted by Crippen LogP contribution is -2.30. The van der Waals surface area contributed by atoms with Crippen molar-refractivity contribution >= 4 is 11.6 Å². The van der Waals surface area contributed by atoms with Crippen molar-refractivity contribution in [1.29, 1.82) is 0 Å². The van der Waals surface area contributed by atoms with Crippen LogP contribution in [0, 0.1) is 15.9 Å². The number of hydrogen-bond donors (Lipinski definition) is 2. The molecule has 92 valence electrons. The van der Waals surface area contributed by atoms with E-state index in [1.54, 1.807) is 0 Å². The fraction of sp³-hybridized carbons (Fsp3) is 0.300. The molecule has 0 saturated heterocycles. The fourth-order valence-corrected chi connectivity index (χ4v) is 1.14. The normalized spacial score (nSPS) is 11.9. The summed E-state index contributed by atoms with van der Waals surface area (Å²) in [6.45, 7) is 1.50. The molecule has 0 fully saturated rings. The molecular formula is C10H11FN2O4. The molecule has 1 atom stereocenters. The number of aliphatic hydroxyl groups excluding tert-OH is 1. The molecule has 1 rings (SSSR count). The van der Waals surface area contributed by atoms with Gasteiger partial charge in [-0.3, -0.25) is 14.9 Å². The van der Waals surface area contributed by atoms with E-state index in [9.17, 15) is 19.3 Å². The van der Waals surface area contributed by atoms with Gasteiger partial charge in [0.1, 0.15) is 0 Å². The molecule has 17 heavy (non-hydrogen) atoms. The number of halogens is 1. The summed E-state index contributed by atoms with van der Waals surface area (Å²) >= 11 is 0. The Labute approximate surface area is 96.2 Å². The van der Waals surface area contributed by atoms with Crippen LogP contribution in [0.5, 0.6) is 0 Å². The number of amides is 1. The molecule has 1 aromatic rings. The van der Waals surface area contributed by atoms with Gasteiger partial charge in [-0.05, 0) is 19.1 Å². The van der Waals surface area contributed by atoms with Crippen molar-refractivity contribution in [3.8, 4) is 0 Å². The molecule has 0 aromatic heterocycles. The molecule has 0 aliphatic heterocycles. The van der Waals surface area contributed by atoms with Crippen molar-refractivity contribution in [2.75, 3.05) is 6.54 Å². The first-order valence-corrected chi connectivity index (χ1v) is 4.82. The monoisotopic (exact) mass is 242 g/mol. The number of nitro groups is 1. The quantitative estimate of drug-likeness (QED) is 0.604. The molecule has 1 aromatic carbocycles. The molecule has 6 nitrogen and oxygen atoms in total. The van der Waals surface area contributed by atoms with Crippen LogP contribution in [-0.4, -0.2) is 28.6 Å². The van der Waals surface area contributed by atoms with Crippen LogP contribution in [0.2, 0.25) is 0 Å². The van der Waals surface area contributed by atoms with Crippen LogP contribution in [-0.2, 0) is 0 Å². The van der Waals surface area contributed by atoms with Crippen LogP contribution in [0.1, 0.15) is 17.3 Å². The molecule has 1 amide bonds. The molecule has 0 radical (unpaired) electrons. The van der Waals surface area contributed by atoms with E-state index in [-0.39, 0.29) is 12.1 Å². The van der Waals surface area contributed by atoms with E-state index in [2.05, 4.69) is 5.32 Å². The lowest BCUT2D eigenvalue weighted by atomic mass is 10.2. The second kappa shape index (κ2) is 5.35. The van der Waals surface area contributed by atoms with Crippen LogP contribution in [0.4, 0.5) is 10.1 Å². The van der Waals surface area contributed by atoms with Gasteiger partial charge in [-0.15, -0.1) is 0 Å². The van der Waals surface area contributed by atoms with E-state index in [0.29, 0.717) is 0 Å². The first-order valence-electron chi connectivity index (χ1n) is 4.82. The van der Waals surface area contributed by atoms with E-state index in [4.69, 9.17) is 5.11 Å². The molecule has 0 saturated carbocycles. The van der Waals surface area contributed by atoms with Crippen LogP contribution in [0.25, 0.3) is 0 Å². The standard InChI is InChI=1S/C10H11FN2O4/c1-6(14)5-12-10(15)7-2-3-8(11)9(4-7)13(16)17/h2-4,6,14H,5H2,1H3,(H,12,15)/t6-/m1/s1. The van der Waals surface area contributed by atoms with E-state index in [1.807, 2.05) is 0 Å². The van der Waals surface area contributed by atoms with Gasteiger partial charge in [0, 0.05) is 18.2 Å². The maximum Gasteiger partial charge on any atom is 0.305 e. The topological polar surface area (TPSA) is 92.5 Å². The van der Waals surface area contributed by atoms with Gasteiger partial charge in [0.15, 0.2) is 0 Å². The minimum atomic E-state index is -0.998. The highest BCUT2D eigenvalue weighted by Gasteiger charge is 2.17. The Bertz CT molecular complexity index is 448. The maximum absolute atomic E-state index is 13.0. The van der Waals surface area contributed by atoms with Crippen molar-refractivity contribution < 1.29 is 19.2 Å². The second-order valence-corrected chi connectivity index (χ2v) is 3.48. The number of benzene rings is 1. The molecular weight excluding hydrogens is 231 g/mol. The molecule has 0 unspecified atom stereocenters. The number of hydrogen-bond acceptors (Lipinski definition) is 4. The molecule has 0 spiro atoms. The van der Waals surface area contributed by atoms with Gasteiger partial charge in [-0.1, -0.05) is 0 Å². The summed E-state index contributed by atoms with van der Waals surface area (Å²) in [4.78, 5) is 21.0. The van der Waals surface area contributed by atoms with Gasteiger partial charge < -0.3 is 10.4 Å². The first kappa shape index (κ1) is 13.0. The van der Waals surface area contributed by atoms with E-state index < -0.39 is 28.4 Å². The van der Waals surface area contributed by atoms with Gasteiger partial charge in [-0.2, -0.15) is 4.39 Å². The van der Waals surface area contributed by atoms with E-state index in [0.717, 1.165) is 18.2 Å². The lowest BCUT2D eigenvalue weighted by molar-refractivity contribution is -0.387. The third-order valence-electron chi connectivity index (χ3n) is 1.96. The largest absolute Gasteiger partial charge is 0.392 e. The second-order valence-electron chi connectivity index (χ2n) is 3.48. The zero-order chi connectivity index (χ0) is 13.0. The minimum Gasteiger partial charge on any atom is -0.392 e. The number of rotatable bonds is 4. The highest BCUT2D eigenvalue weighted by atomic mass is 19.1.